The lowest BCUT2D eigenvalue weighted by Gasteiger charge is -2.20. The average Bonchev–Trinajstić information content (AvgIpc) is 2.94. The fourth-order valence-corrected chi connectivity index (χ4v) is 2.59. The van der Waals surface area contributed by atoms with Crippen molar-refractivity contribution < 1.29 is 4.74 Å². The molecule has 1 nitrogen and oxygen atoms in total. The zero-order chi connectivity index (χ0) is 11.8. The molecule has 2 unspecified atom stereocenters. The maximum atomic E-state index is 5.84. The molecular weight excluding hydrogens is 196 g/mol. The Morgan fingerprint density at radius 3 is 2.69 bits per heavy atom. The van der Waals surface area contributed by atoms with E-state index < -0.39 is 0 Å². The van der Waals surface area contributed by atoms with Gasteiger partial charge in [0.15, 0.2) is 0 Å². The number of allylic oxidation sites excluding steroid dienone is 3. The molecule has 90 valence electrons. The maximum absolute atomic E-state index is 5.84. The molecule has 1 saturated heterocycles. The van der Waals surface area contributed by atoms with E-state index in [1.165, 1.54) is 24.0 Å². The van der Waals surface area contributed by atoms with Crippen molar-refractivity contribution in [2.75, 3.05) is 0 Å². The molecule has 0 aromatic carbocycles. The second-order valence-corrected chi connectivity index (χ2v) is 6.13. The first-order chi connectivity index (χ1) is 7.49. The summed E-state index contributed by atoms with van der Waals surface area (Å²) in [6, 6.07) is 0. The van der Waals surface area contributed by atoms with Crippen molar-refractivity contribution in [2.45, 2.75) is 65.6 Å². The minimum Gasteiger partial charge on any atom is -0.369 e. The molecule has 0 saturated carbocycles. The molecule has 0 aromatic rings. The summed E-state index contributed by atoms with van der Waals surface area (Å²) in [5, 5.41) is 0. The van der Waals surface area contributed by atoms with E-state index in [1.54, 1.807) is 0 Å². The maximum Gasteiger partial charge on any atom is 0.0898 e. The third-order valence-electron chi connectivity index (χ3n) is 3.88. The van der Waals surface area contributed by atoms with Gasteiger partial charge in [-0.15, -0.1) is 0 Å². The van der Waals surface area contributed by atoms with Crippen molar-refractivity contribution in [3.05, 3.63) is 23.3 Å². The Labute approximate surface area is 99.6 Å². The van der Waals surface area contributed by atoms with Gasteiger partial charge in [0.1, 0.15) is 0 Å². The summed E-state index contributed by atoms with van der Waals surface area (Å²) in [5.41, 5.74) is 3.32. The Balaban J connectivity index is 2.12. The van der Waals surface area contributed by atoms with Crippen molar-refractivity contribution in [3.63, 3.8) is 0 Å². The van der Waals surface area contributed by atoms with E-state index in [0.29, 0.717) is 17.6 Å². The Bertz CT molecular complexity index is 322. The van der Waals surface area contributed by atoms with E-state index in [1.807, 2.05) is 0 Å². The molecule has 0 bridgehead atoms. The standard InChI is InChI=1S/C15H24O/c1-11-6-5-7-12(2)10-13-14(16-13)15(3,4)9-8-11/h7-8,13-14H,5-6,9-10H2,1-4H3/b11-8+,12-7+. The number of rotatable bonds is 0. The number of hydrogen-bond acceptors (Lipinski definition) is 1. The van der Waals surface area contributed by atoms with Gasteiger partial charge in [-0.3, -0.25) is 0 Å². The molecule has 0 amide bonds. The number of epoxide rings is 1. The van der Waals surface area contributed by atoms with Crippen LogP contribution in [0.15, 0.2) is 23.3 Å². The minimum atomic E-state index is 0.302. The molecule has 0 radical (unpaired) electrons. The predicted octanol–water partition coefficient (Wildman–Crippen LogP) is 4.25. The Hall–Kier alpha value is -0.560. The molecule has 1 heterocycles. The van der Waals surface area contributed by atoms with Crippen LogP contribution in [0.1, 0.15) is 53.4 Å². The minimum absolute atomic E-state index is 0.302. The average molecular weight is 220 g/mol. The highest BCUT2D eigenvalue weighted by Gasteiger charge is 2.48. The SMILES string of the molecule is C/C1=C\CC(C)(C)C2OC2C/C(C)=C/CC1. The van der Waals surface area contributed by atoms with Crippen LogP contribution in [0.5, 0.6) is 0 Å². The van der Waals surface area contributed by atoms with Crippen LogP contribution < -0.4 is 0 Å². The molecule has 2 rings (SSSR count). The fourth-order valence-electron chi connectivity index (χ4n) is 2.59. The Morgan fingerprint density at radius 2 is 1.94 bits per heavy atom. The highest BCUT2D eigenvalue weighted by Crippen LogP contribution is 2.44. The summed E-state index contributed by atoms with van der Waals surface area (Å²) in [4.78, 5) is 0. The molecule has 1 heteroatoms. The summed E-state index contributed by atoms with van der Waals surface area (Å²) in [7, 11) is 0. The molecule has 0 aromatic heterocycles. The fraction of sp³-hybridized carbons (Fsp3) is 0.733. The third kappa shape index (κ3) is 2.76. The van der Waals surface area contributed by atoms with Gasteiger partial charge in [-0.2, -0.15) is 0 Å². The normalized spacial score (nSPS) is 40.8. The molecule has 1 fully saturated rings. The molecule has 0 spiro atoms. The molecule has 2 atom stereocenters. The van der Waals surface area contributed by atoms with Crippen LogP contribution in [0.3, 0.4) is 0 Å². The van der Waals surface area contributed by atoms with Gasteiger partial charge < -0.3 is 4.74 Å². The van der Waals surface area contributed by atoms with Gasteiger partial charge >= 0.3 is 0 Å². The number of fused-ring (bicyclic) bond motifs is 1. The van der Waals surface area contributed by atoms with E-state index in [4.69, 9.17) is 4.74 Å². The van der Waals surface area contributed by atoms with Gasteiger partial charge in [0.05, 0.1) is 12.2 Å². The van der Waals surface area contributed by atoms with Crippen LogP contribution in [0, 0.1) is 5.41 Å². The van der Waals surface area contributed by atoms with Crippen molar-refractivity contribution in [1.82, 2.24) is 0 Å². The largest absolute Gasteiger partial charge is 0.369 e. The monoisotopic (exact) mass is 220 g/mol. The third-order valence-corrected chi connectivity index (χ3v) is 3.88. The lowest BCUT2D eigenvalue weighted by molar-refractivity contribution is 0.241. The first kappa shape index (κ1) is 11.9. The molecular formula is C15H24O. The smallest absolute Gasteiger partial charge is 0.0898 e. The van der Waals surface area contributed by atoms with Gasteiger partial charge in [-0.1, -0.05) is 37.1 Å². The Kier molecular flexibility index (Phi) is 3.25. The summed E-state index contributed by atoms with van der Waals surface area (Å²) < 4.78 is 5.84. The van der Waals surface area contributed by atoms with E-state index >= 15 is 0 Å². The number of ether oxygens (including phenoxy) is 1. The second kappa shape index (κ2) is 4.37. The first-order valence-electron chi connectivity index (χ1n) is 6.46. The van der Waals surface area contributed by atoms with E-state index in [-0.39, 0.29) is 0 Å². The molecule has 1 aliphatic heterocycles. The zero-order valence-electron chi connectivity index (χ0n) is 11.0. The van der Waals surface area contributed by atoms with Crippen LogP contribution in [0.2, 0.25) is 0 Å². The van der Waals surface area contributed by atoms with Crippen LogP contribution in [0.4, 0.5) is 0 Å². The van der Waals surface area contributed by atoms with Crippen LogP contribution in [-0.2, 0) is 4.74 Å². The van der Waals surface area contributed by atoms with E-state index in [2.05, 4.69) is 39.8 Å². The van der Waals surface area contributed by atoms with Crippen molar-refractivity contribution in [2.24, 2.45) is 5.41 Å². The molecule has 16 heavy (non-hydrogen) atoms. The molecule has 2 aliphatic rings. The topological polar surface area (TPSA) is 12.5 Å². The van der Waals surface area contributed by atoms with Crippen LogP contribution in [-0.4, -0.2) is 12.2 Å². The highest BCUT2D eigenvalue weighted by molar-refractivity contribution is 5.12. The van der Waals surface area contributed by atoms with Crippen molar-refractivity contribution in [3.8, 4) is 0 Å². The second-order valence-electron chi connectivity index (χ2n) is 6.13. The van der Waals surface area contributed by atoms with Crippen LogP contribution in [0.25, 0.3) is 0 Å². The highest BCUT2D eigenvalue weighted by atomic mass is 16.6. The lowest BCUT2D eigenvalue weighted by atomic mass is 9.82. The summed E-state index contributed by atoms with van der Waals surface area (Å²) in [5.74, 6) is 0. The summed E-state index contributed by atoms with van der Waals surface area (Å²) in [6.45, 7) is 9.15. The van der Waals surface area contributed by atoms with Gasteiger partial charge in [0.2, 0.25) is 0 Å². The first-order valence-corrected chi connectivity index (χ1v) is 6.46. The van der Waals surface area contributed by atoms with Gasteiger partial charge in [0.25, 0.3) is 0 Å². The van der Waals surface area contributed by atoms with E-state index in [0.717, 1.165) is 12.8 Å². The lowest BCUT2D eigenvalue weighted by Crippen LogP contribution is -2.20. The zero-order valence-corrected chi connectivity index (χ0v) is 11.0. The van der Waals surface area contributed by atoms with Crippen molar-refractivity contribution >= 4 is 0 Å². The van der Waals surface area contributed by atoms with Gasteiger partial charge in [-0.25, -0.2) is 0 Å². The Morgan fingerprint density at radius 1 is 1.19 bits per heavy atom. The quantitative estimate of drug-likeness (QED) is 0.439. The molecule has 1 aliphatic carbocycles. The summed E-state index contributed by atoms with van der Waals surface area (Å²) >= 11 is 0. The van der Waals surface area contributed by atoms with Crippen LogP contribution >= 0.6 is 0 Å². The van der Waals surface area contributed by atoms with Crippen molar-refractivity contribution in [1.29, 1.82) is 0 Å². The van der Waals surface area contributed by atoms with Gasteiger partial charge in [0, 0.05) is 0 Å². The molecule has 0 N–H and O–H groups in total. The number of hydrogen-bond donors (Lipinski definition) is 0. The van der Waals surface area contributed by atoms with Gasteiger partial charge in [-0.05, 0) is 44.9 Å². The van der Waals surface area contributed by atoms with E-state index in [9.17, 15) is 0 Å². The predicted molar refractivity (Wildman–Crippen MR) is 68.4 cm³/mol. The summed E-state index contributed by atoms with van der Waals surface area (Å²) in [6.07, 6.45) is 10.4.